The zero-order chi connectivity index (χ0) is 22.2. The zero-order valence-corrected chi connectivity index (χ0v) is 19.2. The average Bonchev–Trinajstić information content (AvgIpc) is 2.77. The first-order chi connectivity index (χ1) is 15.0. The highest BCUT2D eigenvalue weighted by molar-refractivity contribution is 5.30. The summed E-state index contributed by atoms with van der Waals surface area (Å²) >= 11 is 0. The monoisotopic (exact) mass is 430 g/mol. The average molecular weight is 431 g/mol. The first-order valence-electron chi connectivity index (χ1n) is 12.3. The number of halogens is 3. The SMILES string of the molecule is CCCCCc1ccc(C2CCC(CCc3ccc(CCC)cc3F)CC2)c(F)c1F. The molecular weight excluding hydrogens is 393 g/mol. The Kier molecular flexibility index (Phi) is 9.04. The highest BCUT2D eigenvalue weighted by Crippen LogP contribution is 2.39. The Morgan fingerprint density at radius 1 is 0.742 bits per heavy atom. The number of aryl methyl sites for hydroxylation is 3. The van der Waals surface area contributed by atoms with E-state index in [1.807, 2.05) is 18.2 Å². The van der Waals surface area contributed by atoms with Gasteiger partial charge in [-0.15, -0.1) is 0 Å². The van der Waals surface area contributed by atoms with Crippen LogP contribution in [0.5, 0.6) is 0 Å². The van der Waals surface area contributed by atoms with Crippen LogP contribution < -0.4 is 0 Å². The van der Waals surface area contributed by atoms with E-state index in [1.54, 1.807) is 12.1 Å². The summed E-state index contributed by atoms with van der Waals surface area (Å²) in [6.45, 7) is 4.21. The quantitative estimate of drug-likeness (QED) is 0.331. The van der Waals surface area contributed by atoms with Gasteiger partial charge in [0.1, 0.15) is 5.82 Å². The van der Waals surface area contributed by atoms with Crippen molar-refractivity contribution in [1.82, 2.24) is 0 Å². The van der Waals surface area contributed by atoms with E-state index in [4.69, 9.17) is 0 Å². The third-order valence-electron chi connectivity index (χ3n) is 7.01. The predicted molar refractivity (Wildman–Crippen MR) is 123 cm³/mol. The second-order valence-corrected chi connectivity index (χ2v) is 9.33. The van der Waals surface area contributed by atoms with Crippen LogP contribution in [0.1, 0.15) is 99.8 Å². The molecule has 0 bridgehead atoms. The topological polar surface area (TPSA) is 0 Å². The highest BCUT2D eigenvalue weighted by Gasteiger charge is 2.26. The second kappa shape index (κ2) is 11.7. The van der Waals surface area contributed by atoms with Crippen LogP contribution in [0.4, 0.5) is 13.2 Å². The van der Waals surface area contributed by atoms with Gasteiger partial charge in [0.25, 0.3) is 0 Å². The van der Waals surface area contributed by atoms with Gasteiger partial charge in [-0.25, -0.2) is 13.2 Å². The Morgan fingerprint density at radius 3 is 2.16 bits per heavy atom. The number of hydrogen-bond donors (Lipinski definition) is 0. The van der Waals surface area contributed by atoms with Crippen molar-refractivity contribution in [2.75, 3.05) is 0 Å². The number of unbranched alkanes of at least 4 members (excludes halogenated alkanes) is 2. The van der Waals surface area contributed by atoms with Crippen molar-refractivity contribution in [2.45, 2.75) is 96.8 Å². The van der Waals surface area contributed by atoms with Crippen molar-refractivity contribution in [3.05, 3.63) is 70.0 Å². The molecule has 0 N–H and O–H groups in total. The van der Waals surface area contributed by atoms with E-state index in [1.165, 1.54) is 0 Å². The zero-order valence-electron chi connectivity index (χ0n) is 19.2. The molecule has 170 valence electrons. The standard InChI is InChI=1S/C28H37F3/c1-3-5-6-8-24-17-18-25(28(31)27(24)30)22-13-9-20(10-14-22)11-15-23-16-12-21(7-4-2)19-26(23)29/h12,16-20,22H,3-11,13-15H2,1-2H3. The van der Waals surface area contributed by atoms with Gasteiger partial charge in [0.2, 0.25) is 0 Å². The summed E-state index contributed by atoms with van der Waals surface area (Å²) in [6.07, 6.45) is 11.0. The molecule has 0 nitrogen and oxygen atoms in total. The third-order valence-corrected chi connectivity index (χ3v) is 7.01. The Bertz CT molecular complexity index is 834. The molecule has 0 heterocycles. The Morgan fingerprint density at radius 2 is 1.48 bits per heavy atom. The van der Waals surface area contributed by atoms with Crippen LogP contribution in [0.2, 0.25) is 0 Å². The van der Waals surface area contributed by atoms with Crippen LogP contribution in [0, 0.1) is 23.4 Å². The van der Waals surface area contributed by atoms with E-state index in [0.29, 0.717) is 23.5 Å². The van der Waals surface area contributed by atoms with Gasteiger partial charge in [0.05, 0.1) is 0 Å². The lowest BCUT2D eigenvalue weighted by molar-refractivity contribution is 0.304. The Hall–Kier alpha value is -1.77. The summed E-state index contributed by atoms with van der Waals surface area (Å²) in [6, 6.07) is 9.27. The summed E-state index contributed by atoms with van der Waals surface area (Å²) in [7, 11) is 0. The van der Waals surface area contributed by atoms with E-state index in [2.05, 4.69) is 13.8 Å². The van der Waals surface area contributed by atoms with Crippen molar-refractivity contribution in [3.63, 3.8) is 0 Å². The van der Waals surface area contributed by atoms with E-state index >= 15 is 0 Å². The molecule has 3 rings (SSSR count). The highest BCUT2D eigenvalue weighted by atomic mass is 19.2. The number of hydrogen-bond acceptors (Lipinski definition) is 0. The molecule has 0 spiro atoms. The predicted octanol–water partition coefficient (Wildman–Crippen LogP) is 8.70. The first-order valence-corrected chi connectivity index (χ1v) is 12.3. The fourth-order valence-electron chi connectivity index (χ4n) is 5.04. The number of rotatable bonds is 10. The van der Waals surface area contributed by atoms with Crippen LogP contribution in [0.25, 0.3) is 0 Å². The molecule has 0 radical (unpaired) electrons. The molecule has 0 aromatic heterocycles. The molecule has 1 fully saturated rings. The smallest absolute Gasteiger partial charge is 0.162 e. The van der Waals surface area contributed by atoms with Gasteiger partial charge in [0.15, 0.2) is 11.6 Å². The maximum atomic E-state index is 14.7. The normalized spacial score (nSPS) is 19.0. The molecule has 0 amide bonds. The van der Waals surface area contributed by atoms with Crippen LogP contribution in [0.15, 0.2) is 30.3 Å². The molecule has 1 saturated carbocycles. The van der Waals surface area contributed by atoms with Crippen molar-refractivity contribution >= 4 is 0 Å². The summed E-state index contributed by atoms with van der Waals surface area (Å²) in [4.78, 5) is 0. The summed E-state index contributed by atoms with van der Waals surface area (Å²) in [5, 5.41) is 0. The minimum Gasteiger partial charge on any atom is -0.207 e. The minimum absolute atomic E-state index is 0.0868. The molecule has 0 atom stereocenters. The molecule has 0 aliphatic heterocycles. The van der Waals surface area contributed by atoms with Gasteiger partial charge in [-0.05, 0) is 97.9 Å². The van der Waals surface area contributed by atoms with Gasteiger partial charge in [-0.1, -0.05) is 57.4 Å². The van der Waals surface area contributed by atoms with Crippen molar-refractivity contribution in [2.24, 2.45) is 5.92 Å². The van der Waals surface area contributed by atoms with Gasteiger partial charge in [-0.3, -0.25) is 0 Å². The van der Waals surface area contributed by atoms with Crippen LogP contribution >= 0.6 is 0 Å². The number of benzene rings is 2. The minimum atomic E-state index is -0.641. The lowest BCUT2D eigenvalue weighted by Gasteiger charge is -2.29. The van der Waals surface area contributed by atoms with Crippen LogP contribution in [-0.2, 0) is 19.3 Å². The van der Waals surface area contributed by atoms with E-state index in [-0.39, 0.29) is 11.7 Å². The van der Waals surface area contributed by atoms with Crippen molar-refractivity contribution in [1.29, 1.82) is 0 Å². The van der Waals surface area contributed by atoms with Gasteiger partial charge < -0.3 is 0 Å². The lowest BCUT2D eigenvalue weighted by Crippen LogP contribution is -2.16. The largest absolute Gasteiger partial charge is 0.207 e. The van der Waals surface area contributed by atoms with Crippen LogP contribution in [0.3, 0.4) is 0 Å². The van der Waals surface area contributed by atoms with E-state index in [9.17, 15) is 13.2 Å². The lowest BCUT2D eigenvalue weighted by atomic mass is 9.76. The molecule has 1 aliphatic carbocycles. The molecule has 3 heteroatoms. The van der Waals surface area contributed by atoms with E-state index < -0.39 is 11.6 Å². The van der Waals surface area contributed by atoms with Gasteiger partial charge >= 0.3 is 0 Å². The summed E-state index contributed by atoms with van der Waals surface area (Å²) in [5.41, 5.74) is 2.92. The molecule has 1 aliphatic rings. The van der Waals surface area contributed by atoms with Crippen molar-refractivity contribution < 1.29 is 13.2 Å². The summed E-state index contributed by atoms with van der Waals surface area (Å²) < 4.78 is 43.6. The molecule has 0 unspecified atom stereocenters. The first kappa shape index (κ1) is 23.9. The van der Waals surface area contributed by atoms with Crippen LogP contribution in [-0.4, -0.2) is 0 Å². The maximum Gasteiger partial charge on any atom is 0.162 e. The molecule has 2 aromatic rings. The van der Waals surface area contributed by atoms with Gasteiger partial charge in [-0.2, -0.15) is 0 Å². The molecule has 2 aromatic carbocycles. The molecular formula is C28H37F3. The molecule has 0 saturated heterocycles. The molecule has 31 heavy (non-hydrogen) atoms. The van der Waals surface area contributed by atoms with Crippen molar-refractivity contribution in [3.8, 4) is 0 Å². The summed E-state index contributed by atoms with van der Waals surface area (Å²) in [5.74, 6) is -0.728. The Labute approximate surface area is 186 Å². The second-order valence-electron chi connectivity index (χ2n) is 9.33. The Balaban J connectivity index is 1.52. The fraction of sp³-hybridized carbons (Fsp3) is 0.571. The third kappa shape index (κ3) is 6.37. The fourth-order valence-corrected chi connectivity index (χ4v) is 5.04. The van der Waals surface area contributed by atoms with E-state index in [0.717, 1.165) is 81.8 Å². The van der Waals surface area contributed by atoms with Gasteiger partial charge in [0, 0.05) is 0 Å². The maximum absolute atomic E-state index is 14.7.